The lowest BCUT2D eigenvalue weighted by Gasteiger charge is -2.32. The summed E-state index contributed by atoms with van der Waals surface area (Å²) in [6, 6.07) is 15.6. The van der Waals surface area contributed by atoms with Crippen LogP contribution in [-0.4, -0.2) is 43.6 Å². The Labute approximate surface area is 142 Å². The minimum absolute atomic E-state index is 0.0642. The Morgan fingerprint density at radius 2 is 2.08 bits per heavy atom. The van der Waals surface area contributed by atoms with E-state index in [1.54, 1.807) is 7.11 Å². The molecule has 2 aromatic carbocycles. The van der Waals surface area contributed by atoms with Gasteiger partial charge in [-0.15, -0.1) is 0 Å². The number of methoxy groups -OCH3 is 1. The summed E-state index contributed by atoms with van der Waals surface area (Å²) in [5, 5.41) is 6.70. The monoisotopic (exact) mass is 325 g/mol. The molecule has 1 aliphatic rings. The number of amides is 1. The fraction of sp³-hybridized carbons (Fsp3) is 0.316. The molecule has 0 spiro atoms. The first-order valence-corrected chi connectivity index (χ1v) is 8.20. The van der Waals surface area contributed by atoms with Gasteiger partial charge in [-0.3, -0.25) is 4.79 Å². The van der Waals surface area contributed by atoms with Gasteiger partial charge in [0.15, 0.2) is 0 Å². The van der Waals surface area contributed by atoms with Crippen LogP contribution in [0.3, 0.4) is 0 Å². The number of carbonyl (C=O) groups excluding carboxylic acids is 1. The Morgan fingerprint density at radius 3 is 2.88 bits per heavy atom. The van der Waals surface area contributed by atoms with Gasteiger partial charge in [0.25, 0.3) is 5.91 Å². The largest absolute Gasteiger partial charge is 0.497 e. The van der Waals surface area contributed by atoms with Gasteiger partial charge < -0.3 is 20.3 Å². The summed E-state index contributed by atoms with van der Waals surface area (Å²) >= 11 is 0. The first-order chi connectivity index (χ1) is 11.7. The lowest BCUT2D eigenvalue weighted by atomic mass is 10.1. The van der Waals surface area contributed by atoms with Gasteiger partial charge >= 0.3 is 0 Å². The van der Waals surface area contributed by atoms with Crippen LogP contribution in [0.1, 0.15) is 17.3 Å². The Balaban J connectivity index is 1.83. The number of rotatable bonds is 4. The molecule has 0 aliphatic carbocycles. The average Bonchev–Trinajstić information content (AvgIpc) is 2.62. The molecular weight excluding hydrogens is 302 g/mol. The van der Waals surface area contributed by atoms with E-state index in [2.05, 4.69) is 17.6 Å². The molecule has 1 unspecified atom stereocenters. The predicted octanol–water partition coefficient (Wildman–Crippen LogP) is 2.87. The number of carbonyl (C=O) groups is 1. The second-order valence-corrected chi connectivity index (χ2v) is 6.01. The molecule has 1 heterocycles. The summed E-state index contributed by atoms with van der Waals surface area (Å²) in [6.07, 6.45) is 0. The van der Waals surface area contributed by atoms with Gasteiger partial charge in [-0.2, -0.15) is 0 Å². The molecule has 3 rings (SSSR count). The van der Waals surface area contributed by atoms with Crippen molar-refractivity contribution < 1.29 is 9.53 Å². The van der Waals surface area contributed by atoms with Crippen LogP contribution in [0.15, 0.2) is 48.5 Å². The van der Waals surface area contributed by atoms with E-state index >= 15 is 0 Å². The molecule has 1 saturated heterocycles. The first-order valence-electron chi connectivity index (χ1n) is 8.20. The Kier molecular flexibility index (Phi) is 5.01. The summed E-state index contributed by atoms with van der Waals surface area (Å²) in [4.78, 5) is 14.8. The Bertz CT molecular complexity index is 717. The van der Waals surface area contributed by atoms with Crippen molar-refractivity contribution in [3.05, 3.63) is 54.1 Å². The van der Waals surface area contributed by atoms with E-state index in [0.717, 1.165) is 36.8 Å². The fourth-order valence-corrected chi connectivity index (χ4v) is 2.92. The standard InChI is InChI=1S/C19H23N3O2/c1-14-13-22(11-10-20-14)19(23)17-8-3-4-9-18(17)21-15-6-5-7-16(12-15)24-2/h3-9,12,14,20-21H,10-11,13H2,1-2H3. The van der Waals surface area contributed by atoms with Crippen molar-refractivity contribution in [2.45, 2.75) is 13.0 Å². The third kappa shape index (κ3) is 3.68. The molecule has 0 bridgehead atoms. The molecule has 5 heteroatoms. The van der Waals surface area contributed by atoms with Crippen molar-refractivity contribution in [2.24, 2.45) is 0 Å². The van der Waals surface area contributed by atoms with Gasteiger partial charge in [0, 0.05) is 37.4 Å². The number of hydrogen-bond donors (Lipinski definition) is 2. The Morgan fingerprint density at radius 1 is 1.25 bits per heavy atom. The molecule has 1 aliphatic heterocycles. The van der Waals surface area contributed by atoms with Crippen molar-refractivity contribution in [3.63, 3.8) is 0 Å². The van der Waals surface area contributed by atoms with Crippen molar-refractivity contribution >= 4 is 17.3 Å². The van der Waals surface area contributed by atoms with Gasteiger partial charge in [0.1, 0.15) is 5.75 Å². The summed E-state index contributed by atoms with van der Waals surface area (Å²) in [5.74, 6) is 0.842. The zero-order valence-corrected chi connectivity index (χ0v) is 14.1. The molecule has 126 valence electrons. The van der Waals surface area contributed by atoms with Gasteiger partial charge in [-0.05, 0) is 31.2 Å². The number of anilines is 2. The quantitative estimate of drug-likeness (QED) is 0.907. The molecule has 5 nitrogen and oxygen atoms in total. The number of ether oxygens (including phenoxy) is 1. The van der Waals surface area contributed by atoms with Crippen molar-refractivity contribution in [3.8, 4) is 5.75 Å². The number of nitrogens with one attached hydrogen (secondary N) is 2. The molecular formula is C19H23N3O2. The van der Waals surface area contributed by atoms with Crippen molar-refractivity contribution in [1.82, 2.24) is 10.2 Å². The van der Waals surface area contributed by atoms with E-state index < -0.39 is 0 Å². The summed E-state index contributed by atoms with van der Waals surface area (Å²) < 4.78 is 5.26. The van der Waals surface area contributed by atoms with E-state index in [1.807, 2.05) is 53.4 Å². The topological polar surface area (TPSA) is 53.6 Å². The minimum Gasteiger partial charge on any atom is -0.497 e. The van der Waals surface area contributed by atoms with Gasteiger partial charge in [-0.1, -0.05) is 18.2 Å². The highest BCUT2D eigenvalue weighted by Crippen LogP contribution is 2.25. The van der Waals surface area contributed by atoms with E-state index in [-0.39, 0.29) is 5.91 Å². The normalized spacial score (nSPS) is 17.4. The van der Waals surface area contributed by atoms with Crippen LogP contribution < -0.4 is 15.4 Å². The highest BCUT2D eigenvalue weighted by atomic mass is 16.5. The van der Waals surface area contributed by atoms with Crippen molar-refractivity contribution in [1.29, 1.82) is 0 Å². The first kappa shape index (κ1) is 16.3. The van der Waals surface area contributed by atoms with Crippen LogP contribution in [0.2, 0.25) is 0 Å². The zero-order chi connectivity index (χ0) is 16.9. The van der Waals surface area contributed by atoms with E-state index in [0.29, 0.717) is 11.6 Å². The third-order valence-electron chi connectivity index (χ3n) is 4.16. The maximum atomic E-state index is 12.9. The second-order valence-electron chi connectivity index (χ2n) is 6.01. The summed E-state index contributed by atoms with van der Waals surface area (Å²) in [6.45, 7) is 4.39. The van der Waals surface area contributed by atoms with Gasteiger partial charge in [0.2, 0.25) is 0 Å². The smallest absolute Gasteiger partial charge is 0.256 e. The highest BCUT2D eigenvalue weighted by molar-refractivity contribution is 6.00. The lowest BCUT2D eigenvalue weighted by Crippen LogP contribution is -2.51. The number of nitrogens with zero attached hydrogens (tertiary/aromatic N) is 1. The lowest BCUT2D eigenvalue weighted by molar-refractivity contribution is 0.0710. The van der Waals surface area contributed by atoms with Gasteiger partial charge in [-0.25, -0.2) is 0 Å². The van der Waals surface area contributed by atoms with E-state index in [1.165, 1.54) is 0 Å². The Hall–Kier alpha value is -2.53. The molecule has 0 saturated carbocycles. The molecule has 0 radical (unpaired) electrons. The van der Waals surface area contributed by atoms with Crippen LogP contribution in [0.4, 0.5) is 11.4 Å². The predicted molar refractivity (Wildman–Crippen MR) is 96.1 cm³/mol. The average molecular weight is 325 g/mol. The summed E-state index contributed by atoms with van der Waals surface area (Å²) in [7, 11) is 1.64. The van der Waals surface area contributed by atoms with E-state index in [9.17, 15) is 4.79 Å². The van der Waals surface area contributed by atoms with E-state index in [4.69, 9.17) is 4.74 Å². The molecule has 2 aromatic rings. The van der Waals surface area contributed by atoms with Crippen molar-refractivity contribution in [2.75, 3.05) is 32.1 Å². The van der Waals surface area contributed by atoms with Crippen LogP contribution >= 0.6 is 0 Å². The molecule has 1 fully saturated rings. The maximum Gasteiger partial charge on any atom is 0.256 e. The third-order valence-corrected chi connectivity index (χ3v) is 4.16. The molecule has 2 N–H and O–H groups in total. The zero-order valence-electron chi connectivity index (χ0n) is 14.1. The molecule has 24 heavy (non-hydrogen) atoms. The minimum atomic E-state index is 0.0642. The van der Waals surface area contributed by atoms with Gasteiger partial charge in [0.05, 0.1) is 18.4 Å². The highest BCUT2D eigenvalue weighted by Gasteiger charge is 2.23. The van der Waals surface area contributed by atoms with Crippen LogP contribution in [0, 0.1) is 0 Å². The number of hydrogen-bond acceptors (Lipinski definition) is 4. The number of para-hydroxylation sites is 1. The number of piperazine rings is 1. The SMILES string of the molecule is COc1cccc(Nc2ccccc2C(=O)N2CCNC(C)C2)c1. The maximum absolute atomic E-state index is 12.9. The van der Waals surface area contributed by atoms with Crippen LogP contribution in [0.25, 0.3) is 0 Å². The summed E-state index contributed by atoms with van der Waals surface area (Å²) in [5.41, 5.74) is 2.39. The fourth-order valence-electron chi connectivity index (χ4n) is 2.92. The number of benzene rings is 2. The molecule has 1 amide bonds. The second kappa shape index (κ2) is 7.36. The molecule has 1 atom stereocenters. The van der Waals surface area contributed by atoms with Crippen LogP contribution in [0.5, 0.6) is 5.75 Å². The van der Waals surface area contributed by atoms with Crippen LogP contribution in [-0.2, 0) is 0 Å². The molecule has 0 aromatic heterocycles.